The number of hydrogen-bond acceptors (Lipinski definition) is 4. The predicted molar refractivity (Wildman–Crippen MR) is 85.5 cm³/mol. The Kier molecular flexibility index (Phi) is 5.62. The molecule has 124 valence electrons. The van der Waals surface area contributed by atoms with Crippen LogP contribution in [0.2, 0.25) is 0 Å². The molecule has 23 heavy (non-hydrogen) atoms. The molecule has 0 aliphatic carbocycles. The molecule has 1 amide bonds. The summed E-state index contributed by atoms with van der Waals surface area (Å²) in [5.41, 5.74) is 0.830. The van der Waals surface area contributed by atoms with Gasteiger partial charge in [-0.1, -0.05) is 6.07 Å². The Morgan fingerprint density at radius 3 is 2.39 bits per heavy atom. The standard InChI is InChI=1S/C17H21NO5/c1-22-14-5-3-12(11-15(14)23-2)4-6-16(19)18-9-7-13(8-10-18)17(20)21/h3-6,11,13H,7-10H2,1-2H3,(H,20,21). The van der Waals surface area contributed by atoms with Gasteiger partial charge in [0.15, 0.2) is 11.5 Å². The van der Waals surface area contributed by atoms with E-state index >= 15 is 0 Å². The van der Waals surface area contributed by atoms with E-state index in [0.29, 0.717) is 37.4 Å². The highest BCUT2D eigenvalue weighted by molar-refractivity contribution is 5.92. The minimum Gasteiger partial charge on any atom is -0.493 e. The highest BCUT2D eigenvalue weighted by Crippen LogP contribution is 2.28. The zero-order valence-corrected chi connectivity index (χ0v) is 13.3. The van der Waals surface area contributed by atoms with Crippen LogP contribution in [0.1, 0.15) is 18.4 Å². The summed E-state index contributed by atoms with van der Waals surface area (Å²) in [7, 11) is 3.13. The molecule has 1 fully saturated rings. The Labute approximate surface area is 135 Å². The maximum atomic E-state index is 12.2. The van der Waals surface area contributed by atoms with E-state index in [1.807, 2.05) is 6.07 Å². The van der Waals surface area contributed by atoms with E-state index in [9.17, 15) is 9.59 Å². The number of benzene rings is 1. The van der Waals surface area contributed by atoms with Gasteiger partial charge in [-0.2, -0.15) is 0 Å². The van der Waals surface area contributed by atoms with E-state index in [2.05, 4.69) is 0 Å². The lowest BCUT2D eigenvalue weighted by molar-refractivity contribution is -0.144. The number of methoxy groups -OCH3 is 2. The summed E-state index contributed by atoms with van der Waals surface area (Å²) < 4.78 is 10.4. The Bertz CT molecular complexity index is 603. The van der Waals surface area contributed by atoms with Gasteiger partial charge in [-0.3, -0.25) is 9.59 Å². The van der Waals surface area contributed by atoms with Crippen LogP contribution in [0, 0.1) is 5.92 Å². The number of nitrogens with zero attached hydrogens (tertiary/aromatic N) is 1. The minimum absolute atomic E-state index is 0.108. The lowest BCUT2D eigenvalue weighted by atomic mass is 9.97. The fourth-order valence-corrected chi connectivity index (χ4v) is 2.58. The van der Waals surface area contributed by atoms with Gasteiger partial charge in [-0.15, -0.1) is 0 Å². The number of likely N-dealkylation sites (tertiary alicyclic amines) is 1. The number of piperidine rings is 1. The van der Waals surface area contributed by atoms with Crippen molar-refractivity contribution in [2.75, 3.05) is 27.3 Å². The van der Waals surface area contributed by atoms with Gasteiger partial charge >= 0.3 is 5.97 Å². The van der Waals surface area contributed by atoms with Gasteiger partial charge in [0.25, 0.3) is 0 Å². The molecule has 0 spiro atoms. The molecule has 0 atom stereocenters. The third-order valence-corrected chi connectivity index (χ3v) is 3.98. The Hall–Kier alpha value is -2.50. The number of carboxylic acids is 1. The van der Waals surface area contributed by atoms with Crippen LogP contribution in [-0.2, 0) is 9.59 Å². The molecular weight excluding hydrogens is 298 g/mol. The third kappa shape index (κ3) is 4.25. The summed E-state index contributed by atoms with van der Waals surface area (Å²) in [6, 6.07) is 5.41. The zero-order valence-electron chi connectivity index (χ0n) is 13.3. The van der Waals surface area contributed by atoms with Crippen molar-refractivity contribution in [1.82, 2.24) is 4.90 Å². The number of amides is 1. The van der Waals surface area contributed by atoms with Crippen LogP contribution in [0.4, 0.5) is 0 Å². The van der Waals surface area contributed by atoms with Crippen LogP contribution >= 0.6 is 0 Å². The van der Waals surface area contributed by atoms with Crippen LogP contribution in [0.25, 0.3) is 6.08 Å². The molecule has 1 aromatic rings. The van der Waals surface area contributed by atoms with Gasteiger partial charge in [0, 0.05) is 19.2 Å². The Morgan fingerprint density at radius 2 is 1.83 bits per heavy atom. The molecule has 6 heteroatoms. The van der Waals surface area contributed by atoms with Crippen molar-refractivity contribution in [3.63, 3.8) is 0 Å². The van der Waals surface area contributed by atoms with Crippen molar-refractivity contribution >= 4 is 18.0 Å². The summed E-state index contributed by atoms with van der Waals surface area (Å²) in [4.78, 5) is 24.8. The molecule has 1 aliphatic heterocycles. The predicted octanol–water partition coefficient (Wildman–Crippen LogP) is 2.04. The second-order valence-electron chi connectivity index (χ2n) is 5.39. The van der Waals surface area contributed by atoms with Crippen molar-refractivity contribution in [2.45, 2.75) is 12.8 Å². The average molecular weight is 319 g/mol. The molecular formula is C17H21NO5. The Balaban J connectivity index is 1.98. The maximum Gasteiger partial charge on any atom is 0.306 e. The van der Waals surface area contributed by atoms with Crippen molar-refractivity contribution < 1.29 is 24.2 Å². The van der Waals surface area contributed by atoms with Crippen LogP contribution in [0.3, 0.4) is 0 Å². The number of rotatable bonds is 5. The number of carbonyl (C=O) groups excluding carboxylic acids is 1. The summed E-state index contributed by atoms with van der Waals surface area (Å²) in [5, 5.41) is 8.97. The average Bonchev–Trinajstić information content (AvgIpc) is 2.59. The van der Waals surface area contributed by atoms with Gasteiger partial charge < -0.3 is 19.5 Å². The molecule has 0 unspecified atom stereocenters. The second kappa shape index (κ2) is 7.67. The first-order chi connectivity index (χ1) is 11.0. The fraction of sp³-hybridized carbons (Fsp3) is 0.412. The molecule has 0 radical (unpaired) electrons. The number of carboxylic acid groups (broad SMARTS) is 1. The van der Waals surface area contributed by atoms with E-state index in [0.717, 1.165) is 5.56 Å². The molecule has 1 N–H and O–H groups in total. The zero-order chi connectivity index (χ0) is 16.8. The van der Waals surface area contributed by atoms with Gasteiger partial charge in [0.1, 0.15) is 0 Å². The number of carbonyl (C=O) groups is 2. The smallest absolute Gasteiger partial charge is 0.306 e. The van der Waals surface area contributed by atoms with Crippen LogP contribution in [0.15, 0.2) is 24.3 Å². The van der Waals surface area contributed by atoms with Crippen molar-refractivity contribution in [2.24, 2.45) is 5.92 Å². The quantitative estimate of drug-likeness (QED) is 0.841. The second-order valence-corrected chi connectivity index (χ2v) is 5.39. The topological polar surface area (TPSA) is 76.1 Å². The molecule has 1 saturated heterocycles. The highest BCUT2D eigenvalue weighted by atomic mass is 16.5. The lowest BCUT2D eigenvalue weighted by Crippen LogP contribution is -2.39. The number of hydrogen-bond donors (Lipinski definition) is 1. The summed E-state index contributed by atoms with van der Waals surface area (Å²) in [5.74, 6) is 0.00608. The summed E-state index contributed by atoms with van der Waals surface area (Å²) in [6.07, 6.45) is 4.23. The SMILES string of the molecule is COc1ccc(C=CC(=O)N2CCC(C(=O)O)CC2)cc1OC. The summed E-state index contributed by atoms with van der Waals surface area (Å²) >= 11 is 0. The first-order valence-electron chi connectivity index (χ1n) is 7.47. The monoisotopic (exact) mass is 319 g/mol. The number of aliphatic carboxylic acids is 1. The molecule has 1 aromatic carbocycles. The molecule has 0 aromatic heterocycles. The van der Waals surface area contributed by atoms with Crippen LogP contribution in [-0.4, -0.2) is 49.2 Å². The maximum absolute atomic E-state index is 12.2. The van der Waals surface area contributed by atoms with E-state index in [1.165, 1.54) is 6.08 Å². The van der Waals surface area contributed by atoms with Gasteiger partial charge in [0.05, 0.1) is 20.1 Å². The Morgan fingerprint density at radius 1 is 1.17 bits per heavy atom. The van der Waals surface area contributed by atoms with E-state index in [4.69, 9.17) is 14.6 Å². The molecule has 6 nitrogen and oxygen atoms in total. The summed E-state index contributed by atoms with van der Waals surface area (Å²) in [6.45, 7) is 0.956. The van der Waals surface area contributed by atoms with E-state index < -0.39 is 5.97 Å². The van der Waals surface area contributed by atoms with E-state index in [-0.39, 0.29) is 11.8 Å². The lowest BCUT2D eigenvalue weighted by Gasteiger charge is -2.29. The molecule has 1 aliphatic rings. The van der Waals surface area contributed by atoms with Crippen molar-refractivity contribution in [3.05, 3.63) is 29.8 Å². The van der Waals surface area contributed by atoms with E-state index in [1.54, 1.807) is 37.3 Å². The first-order valence-corrected chi connectivity index (χ1v) is 7.47. The fourth-order valence-electron chi connectivity index (χ4n) is 2.58. The van der Waals surface area contributed by atoms with Crippen molar-refractivity contribution in [1.29, 1.82) is 0 Å². The van der Waals surface area contributed by atoms with Crippen LogP contribution < -0.4 is 9.47 Å². The minimum atomic E-state index is -0.780. The largest absolute Gasteiger partial charge is 0.493 e. The molecule has 0 saturated carbocycles. The normalized spacial score (nSPS) is 15.7. The van der Waals surface area contributed by atoms with Crippen LogP contribution in [0.5, 0.6) is 11.5 Å². The molecule has 2 rings (SSSR count). The molecule has 1 heterocycles. The van der Waals surface area contributed by atoms with Gasteiger partial charge in [-0.25, -0.2) is 0 Å². The molecule has 0 bridgehead atoms. The first kappa shape index (κ1) is 16.9. The third-order valence-electron chi connectivity index (χ3n) is 3.98. The highest BCUT2D eigenvalue weighted by Gasteiger charge is 2.25. The van der Waals surface area contributed by atoms with Gasteiger partial charge in [-0.05, 0) is 36.6 Å². The van der Waals surface area contributed by atoms with Gasteiger partial charge in [0.2, 0.25) is 5.91 Å². The number of ether oxygens (including phenoxy) is 2. The van der Waals surface area contributed by atoms with Crippen molar-refractivity contribution in [3.8, 4) is 11.5 Å².